The second kappa shape index (κ2) is 6.49. The van der Waals surface area contributed by atoms with Gasteiger partial charge >= 0.3 is 6.18 Å². The minimum absolute atomic E-state index is 0.137. The van der Waals surface area contributed by atoms with Crippen molar-refractivity contribution in [2.24, 2.45) is 7.05 Å². The normalized spacial score (nSPS) is 11.6. The third kappa shape index (κ3) is 3.43. The van der Waals surface area contributed by atoms with Crippen molar-refractivity contribution in [1.29, 1.82) is 0 Å². The van der Waals surface area contributed by atoms with E-state index in [0.29, 0.717) is 10.5 Å². The molecule has 2 aromatic carbocycles. The van der Waals surface area contributed by atoms with E-state index >= 15 is 0 Å². The molecule has 0 aliphatic heterocycles. The minimum Gasteiger partial charge on any atom is -0.350 e. The van der Waals surface area contributed by atoms with E-state index < -0.39 is 23.1 Å². The van der Waals surface area contributed by atoms with Crippen LogP contribution in [0.1, 0.15) is 15.9 Å². The molecule has 0 bridgehead atoms. The Hall–Kier alpha value is -2.80. The lowest BCUT2D eigenvalue weighted by Gasteiger charge is -2.11. The van der Waals surface area contributed by atoms with E-state index in [9.17, 15) is 22.8 Å². The summed E-state index contributed by atoms with van der Waals surface area (Å²) in [6, 6.07) is 8.73. The highest BCUT2D eigenvalue weighted by Crippen LogP contribution is 2.29. The molecule has 0 aliphatic rings. The fourth-order valence-corrected chi connectivity index (χ4v) is 2.74. The molecule has 0 spiro atoms. The van der Waals surface area contributed by atoms with Crippen molar-refractivity contribution < 1.29 is 18.0 Å². The number of benzene rings is 2. The van der Waals surface area contributed by atoms with Crippen molar-refractivity contribution in [3.8, 4) is 0 Å². The Kier molecular flexibility index (Phi) is 4.50. The van der Waals surface area contributed by atoms with Crippen LogP contribution >= 0.6 is 11.6 Å². The van der Waals surface area contributed by atoms with Crippen LogP contribution in [0.25, 0.3) is 10.9 Å². The quantitative estimate of drug-likeness (QED) is 0.713. The maximum atomic E-state index is 12.6. The molecule has 134 valence electrons. The third-order valence-electron chi connectivity index (χ3n) is 3.87. The highest BCUT2D eigenvalue weighted by molar-refractivity contribution is 6.31. The summed E-state index contributed by atoms with van der Waals surface area (Å²) in [4.78, 5) is 25.0. The van der Waals surface area contributed by atoms with Crippen LogP contribution < -0.4 is 10.7 Å². The molecular formula is C18H12ClF3N2O2. The molecule has 1 amide bonds. The van der Waals surface area contributed by atoms with Crippen LogP contribution in [-0.2, 0) is 13.2 Å². The number of carbonyl (C=O) groups is 1. The largest absolute Gasteiger partial charge is 0.416 e. The fraction of sp³-hybridized carbons (Fsp3) is 0.111. The van der Waals surface area contributed by atoms with Crippen molar-refractivity contribution in [1.82, 2.24) is 4.57 Å². The van der Waals surface area contributed by atoms with Gasteiger partial charge in [0.1, 0.15) is 5.56 Å². The standard InChI is InChI=1S/C18H12ClF3N2O2/c1-24-9-14(16(25)13-8-11(19)4-7-15(13)24)17(26)23-12-5-2-10(3-6-12)18(20,21)22/h2-9H,1H3,(H,23,26). The summed E-state index contributed by atoms with van der Waals surface area (Å²) in [5.74, 6) is -0.716. The number of aryl methyl sites for hydroxylation is 1. The molecule has 0 unspecified atom stereocenters. The lowest BCUT2D eigenvalue weighted by Crippen LogP contribution is -2.23. The summed E-state index contributed by atoms with van der Waals surface area (Å²) >= 11 is 5.92. The van der Waals surface area contributed by atoms with Gasteiger partial charge in [-0.25, -0.2) is 0 Å². The van der Waals surface area contributed by atoms with E-state index in [-0.39, 0.29) is 16.6 Å². The number of halogens is 4. The van der Waals surface area contributed by atoms with Crippen LogP contribution in [-0.4, -0.2) is 10.5 Å². The Bertz CT molecular complexity index is 1060. The first-order valence-electron chi connectivity index (χ1n) is 7.44. The molecule has 0 aliphatic carbocycles. The van der Waals surface area contributed by atoms with Crippen LogP contribution in [0.5, 0.6) is 0 Å². The smallest absolute Gasteiger partial charge is 0.350 e. The zero-order chi connectivity index (χ0) is 19.1. The second-order valence-electron chi connectivity index (χ2n) is 5.67. The summed E-state index contributed by atoms with van der Waals surface area (Å²) in [5, 5.41) is 3.07. The predicted octanol–water partition coefficient (Wildman–Crippen LogP) is 4.46. The van der Waals surface area contributed by atoms with Gasteiger partial charge in [0.05, 0.1) is 11.1 Å². The number of nitrogens with one attached hydrogen (secondary N) is 1. The molecule has 1 aromatic heterocycles. The first-order valence-corrected chi connectivity index (χ1v) is 7.82. The average Bonchev–Trinajstić information content (AvgIpc) is 2.57. The van der Waals surface area contributed by atoms with Gasteiger partial charge in [-0.1, -0.05) is 11.6 Å². The van der Waals surface area contributed by atoms with Gasteiger partial charge in [-0.05, 0) is 42.5 Å². The van der Waals surface area contributed by atoms with Crippen molar-refractivity contribution >= 4 is 34.1 Å². The van der Waals surface area contributed by atoms with E-state index in [4.69, 9.17) is 11.6 Å². The molecule has 3 rings (SSSR count). The molecule has 0 saturated heterocycles. The third-order valence-corrected chi connectivity index (χ3v) is 4.10. The number of nitrogens with zero attached hydrogens (tertiary/aromatic N) is 1. The van der Waals surface area contributed by atoms with Crippen LogP contribution in [0.2, 0.25) is 5.02 Å². The van der Waals surface area contributed by atoms with Gasteiger partial charge in [-0.3, -0.25) is 9.59 Å². The highest BCUT2D eigenvalue weighted by Gasteiger charge is 2.30. The van der Waals surface area contributed by atoms with Crippen LogP contribution in [0.4, 0.5) is 18.9 Å². The molecular weight excluding hydrogens is 369 g/mol. The average molecular weight is 381 g/mol. The topological polar surface area (TPSA) is 51.1 Å². The van der Waals surface area contributed by atoms with E-state index in [1.165, 1.54) is 12.3 Å². The molecule has 0 atom stereocenters. The number of amides is 1. The zero-order valence-corrected chi connectivity index (χ0v) is 14.2. The summed E-state index contributed by atoms with van der Waals surface area (Å²) < 4.78 is 39.4. The monoisotopic (exact) mass is 380 g/mol. The van der Waals surface area contributed by atoms with Gasteiger partial charge in [0.2, 0.25) is 5.43 Å². The summed E-state index contributed by atoms with van der Waals surface area (Å²) in [6.45, 7) is 0. The summed E-state index contributed by atoms with van der Waals surface area (Å²) in [7, 11) is 1.67. The molecule has 1 N–H and O–H groups in total. The lowest BCUT2D eigenvalue weighted by atomic mass is 10.1. The number of hydrogen-bond acceptors (Lipinski definition) is 2. The Labute approximate surface area is 150 Å². The maximum absolute atomic E-state index is 12.6. The Balaban J connectivity index is 1.95. The summed E-state index contributed by atoms with van der Waals surface area (Å²) in [5.41, 5.74) is -0.722. The number of anilines is 1. The molecule has 26 heavy (non-hydrogen) atoms. The molecule has 1 heterocycles. The number of alkyl halides is 3. The van der Waals surface area contributed by atoms with E-state index in [2.05, 4.69) is 5.32 Å². The first kappa shape index (κ1) is 18.0. The Morgan fingerprint density at radius 3 is 2.38 bits per heavy atom. The second-order valence-corrected chi connectivity index (χ2v) is 6.11. The van der Waals surface area contributed by atoms with Gasteiger partial charge < -0.3 is 9.88 Å². The highest BCUT2D eigenvalue weighted by atomic mass is 35.5. The van der Waals surface area contributed by atoms with Gasteiger partial charge in [0, 0.05) is 29.3 Å². The number of rotatable bonds is 2. The first-order chi connectivity index (χ1) is 12.2. The van der Waals surface area contributed by atoms with Gasteiger partial charge in [-0.15, -0.1) is 0 Å². The zero-order valence-electron chi connectivity index (χ0n) is 13.4. The van der Waals surface area contributed by atoms with Crippen molar-refractivity contribution in [2.75, 3.05) is 5.32 Å². The predicted molar refractivity (Wildman–Crippen MR) is 93.6 cm³/mol. The molecule has 0 fully saturated rings. The Morgan fingerprint density at radius 1 is 1.12 bits per heavy atom. The van der Waals surface area contributed by atoms with Crippen molar-refractivity contribution in [3.05, 3.63) is 75.0 Å². The molecule has 8 heteroatoms. The van der Waals surface area contributed by atoms with E-state index in [0.717, 1.165) is 24.3 Å². The van der Waals surface area contributed by atoms with Gasteiger partial charge in [0.15, 0.2) is 0 Å². The van der Waals surface area contributed by atoms with Crippen molar-refractivity contribution in [3.63, 3.8) is 0 Å². The van der Waals surface area contributed by atoms with Crippen LogP contribution in [0.15, 0.2) is 53.5 Å². The molecule has 0 saturated carbocycles. The molecule has 4 nitrogen and oxygen atoms in total. The van der Waals surface area contributed by atoms with Crippen LogP contribution in [0.3, 0.4) is 0 Å². The lowest BCUT2D eigenvalue weighted by molar-refractivity contribution is -0.137. The van der Waals surface area contributed by atoms with Gasteiger partial charge in [0.25, 0.3) is 5.91 Å². The van der Waals surface area contributed by atoms with Gasteiger partial charge in [-0.2, -0.15) is 13.2 Å². The number of carbonyl (C=O) groups excluding carboxylic acids is 1. The number of pyridine rings is 1. The SMILES string of the molecule is Cn1cc(C(=O)Nc2ccc(C(F)(F)F)cc2)c(=O)c2cc(Cl)ccc21. The van der Waals surface area contributed by atoms with Crippen LogP contribution in [0, 0.1) is 0 Å². The molecule has 3 aromatic rings. The molecule has 0 radical (unpaired) electrons. The minimum atomic E-state index is -4.46. The summed E-state index contributed by atoms with van der Waals surface area (Å²) in [6.07, 6.45) is -3.09. The number of aromatic nitrogens is 1. The number of hydrogen-bond donors (Lipinski definition) is 1. The fourth-order valence-electron chi connectivity index (χ4n) is 2.57. The number of fused-ring (bicyclic) bond motifs is 1. The van der Waals surface area contributed by atoms with Crippen molar-refractivity contribution in [2.45, 2.75) is 6.18 Å². The van der Waals surface area contributed by atoms with E-state index in [1.807, 2.05) is 0 Å². The van der Waals surface area contributed by atoms with E-state index in [1.54, 1.807) is 23.7 Å². The maximum Gasteiger partial charge on any atom is 0.416 e. The Morgan fingerprint density at radius 2 is 1.77 bits per heavy atom.